The van der Waals surface area contributed by atoms with Gasteiger partial charge in [-0.15, -0.1) is 0 Å². The lowest BCUT2D eigenvalue weighted by Gasteiger charge is -2.16. The third-order valence-corrected chi connectivity index (χ3v) is 3.80. The molecule has 0 bridgehead atoms. The fraction of sp³-hybridized carbons (Fsp3) is 0.500. The third kappa shape index (κ3) is 5.05. The summed E-state index contributed by atoms with van der Waals surface area (Å²) in [7, 11) is 1.62. The van der Waals surface area contributed by atoms with E-state index in [0.717, 1.165) is 11.5 Å². The summed E-state index contributed by atoms with van der Waals surface area (Å²) in [6.07, 6.45) is 1.34. The second kappa shape index (κ2) is 8.26. The molecule has 0 aliphatic carbocycles. The van der Waals surface area contributed by atoms with Gasteiger partial charge in [-0.2, -0.15) is 0 Å². The van der Waals surface area contributed by atoms with Crippen molar-refractivity contribution >= 4 is 11.9 Å². The summed E-state index contributed by atoms with van der Waals surface area (Å²) < 4.78 is 10.7. The van der Waals surface area contributed by atoms with E-state index >= 15 is 0 Å². The quantitative estimate of drug-likeness (QED) is 0.732. The molecule has 0 spiro atoms. The molecule has 1 aliphatic rings. The standard InChI is InChI=1S/C16H23N3O4/c1-22-13-3-5-14(6-4-13)23-10-2-8-18-16(21)19-9-7-12(11-19)15(17)20/h3-6,12H,2,7-11H2,1H3,(H2,17,20)(H,18,21)/t12-/m1/s1. The molecule has 0 radical (unpaired) electrons. The summed E-state index contributed by atoms with van der Waals surface area (Å²) in [6.45, 7) is 2.01. The van der Waals surface area contributed by atoms with Gasteiger partial charge in [-0.3, -0.25) is 4.79 Å². The van der Waals surface area contributed by atoms with Gasteiger partial charge >= 0.3 is 6.03 Å². The molecular weight excluding hydrogens is 298 g/mol. The number of ether oxygens (including phenoxy) is 2. The Morgan fingerprint density at radius 2 is 2.00 bits per heavy atom. The van der Waals surface area contributed by atoms with Gasteiger partial charge < -0.3 is 25.4 Å². The largest absolute Gasteiger partial charge is 0.497 e. The summed E-state index contributed by atoms with van der Waals surface area (Å²) >= 11 is 0. The minimum absolute atomic E-state index is 0.154. The van der Waals surface area contributed by atoms with Crippen molar-refractivity contribution in [1.29, 1.82) is 0 Å². The molecule has 7 nitrogen and oxygen atoms in total. The lowest BCUT2D eigenvalue weighted by Crippen LogP contribution is -2.40. The topological polar surface area (TPSA) is 93.9 Å². The van der Waals surface area contributed by atoms with Crippen molar-refractivity contribution in [2.24, 2.45) is 11.7 Å². The fourth-order valence-corrected chi connectivity index (χ4v) is 2.42. The normalized spacial score (nSPS) is 16.9. The van der Waals surface area contributed by atoms with Crippen molar-refractivity contribution in [2.75, 3.05) is 33.4 Å². The predicted octanol–water partition coefficient (Wildman–Crippen LogP) is 0.981. The van der Waals surface area contributed by atoms with E-state index < -0.39 is 0 Å². The average Bonchev–Trinajstić information content (AvgIpc) is 3.05. The Hall–Kier alpha value is -2.44. The Labute approximate surface area is 135 Å². The Balaban J connectivity index is 1.60. The number of nitrogens with two attached hydrogens (primary N) is 1. The van der Waals surface area contributed by atoms with E-state index in [1.807, 2.05) is 24.3 Å². The highest BCUT2D eigenvalue weighted by Crippen LogP contribution is 2.17. The molecule has 0 saturated carbocycles. The van der Waals surface area contributed by atoms with E-state index in [-0.39, 0.29) is 17.9 Å². The first-order valence-electron chi connectivity index (χ1n) is 7.69. The first-order valence-corrected chi connectivity index (χ1v) is 7.69. The van der Waals surface area contributed by atoms with E-state index in [4.69, 9.17) is 15.2 Å². The lowest BCUT2D eigenvalue weighted by atomic mass is 10.1. The van der Waals surface area contributed by atoms with E-state index in [9.17, 15) is 9.59 Å². The molecule has 23 heavy (non-hydrogen) atoms. The van der Waals surface area contributed by atoms with Crippen LogP contribution in [0.3, 0.4) is 0 Å². The number of nitrogens with one attached hydrogen (secondary N) is 1. The number of benzene rings is 1. The van der Waals surface area contributed by atoms with E-state index in [0.29, 0.717) is 39.1 Å². The lowest BCUT2D eigenvalue weighted by molar-refractivity contribution is -0.121. The van der Waals surface area contributed by atoms with Gasteiger partial charge in [0.05, 0.1) is 19.6 Å². The first-order chi connectivity index (χ1) is 11.1. The Kier molecular flexibility index (Phi) is 6.08. The van der Waals surface area contributed by atoms with Gasteiger partial charge in [0, 0.05) is 19.6 Å². The Morgan fingerprint density at radius 1 is 1.30 bits per heavy atom. The maximum Gasteiger partial charge on any atom is 0.317 e. The highest BCUT2D eigenvalue weighted by Gasteiger charge is 2.29. The number of methoxy groups -OCH3 is 1. The van der Waals surface area contributed by atoms with Crippen LogP contribution in [0.5, 0.6) is 11.5 Å². The van der Waals surface area contributed by atoms with Crippen LogP contribution in [0.2, 0.25) is 0 Å². The SMILES string of the molecule is COc1ccc(OCCCNC(=O)N2CC[C@@H](C(N)=O)C2)cc1. The van der Waals surface area contributed by atoms with Crippen molar-refractivity contribution in [1.82, 2.24) is 10.2 Å². The monoisotopic (exact) mass is 321 g/mol. The van der Waals surface area contributed by atoms with Crippen molar-refractivity contribution in [3.63, 3.8) is 0 Å². The molecule has 0 unspecified atom stereocenters. The van der Waals surface area contributed by atoms with Crippen LogP contribution in [0.4, 0.5) is 4.79 Å². The van der Waals surface area contributed by atoms with Crippen LogP contribution < -0.4 is 20.5 Å². The van der Waals surface area contributed by atoms with Gasteiger partial charge in [0.1, 0.15) is 11.5 Å². The second-order valence-electron chi connectivity index (χ2n) is 5.44. The van der Waals surface area contributed by atoms with Crippen molar-refractivity contribution in [3.8, 4) is 11.5 Å². The summed E-state index contributed by atoms with van der Waals surface area (Å²) in [6, 6.07) is 7.19. The molecule has 1 aliphatic heterocycles. The van der Waals surface area contributed by atoms with Crippen molar-refractivity contribution in [3.05, 3.63) is 24.3 Å². The average molecular weight is 321 g/mol. The number of nitrogens with zero attached hydrogens (tertiary/aromatic N) is 1. The molecule has 1 heterocycles. The van der Waals surface area contributed by atoms with Gasteiger partial charge in [-0.1, -0.05) is 0 Å². The van der Waals surface area contributed by atoms with E-state index in [1.54, 1.807) is 12.0 Å². The number of amides is 3. The van der Waals surface area contributed by atoms with Gasteiger partial charge in [-0.25, -0.2) is 4.79 Å². The predicted molar refractivity (Wildman–Crippen MR) is 85.4 cm³/mol. The maximum atomic E-state index is 11.9. The third-order valence-electron chi connectivity index (χ3n) is 3.80. The number of hydrogen-bond acceptors (Lipinski definition) is 4. The molecule has 1 saturated heterocycles. The molecule has 1 aromatic rings. The summed E-state index contributed by atoms with van der Waals surface area (Å²) in [5.74, 6) is 0.984. The van der Waals surface area contributed by atoms with Crippen LogP contribution in [0.1, 0.15) is 12.8 Å². The zero-order chi connectivity index (χ0) is 16.7. The van der Waals surface area contributed by atoms with Gasteiger partial charge in [0.2, 0.25) is 5.91 Å². The van der Waals surface area contributed by atoms with Crippen molar-refractivity contribution < 1.29 is 19.1 Å². The van der Waals surface area contributed by atoms with Gasteiger partial charge in [0.25, 0.3) is 0 Å². The number of primary amides is 1. The first kappa shape index (κ1) is 16.9. The minimum Gasteiger partial charge on any atom is -0.497 e. The zero-order valence-electron chi connectivity index (χ0n) is 13.3. The molecule has 1 fully saturated rings. The molecule has 2 rings (SSSR count). The van der Waals surface area contributed by atoms with Gasteiger partial charge in [-0.05, 0) is 37.1 Å². The molecule has 1 atom stereocenters. The molecule has 126 valence electrons. The number of rotatable bonds is 7. The highest BCUT2D eigenvalue weighted by atomic mass is 16.5. The molecule has 0 aromatic heterocycles. The zero-order valence-corrected chi connectivity index (χ0v) is 13.3. The van der Waals surface area contributed by atoms with Crippen LogP contribution in [0, 0.1) is 5.92 Å². The number of carbonyl (C=O) groups excluding carboxylic acids is 2. The maximum absolute atomic E-state index is 11.9. The molecular formula is C16H23N3O4. The Morgan fingerprint density at radius 3 is 2.61 bits per heavy atom. The number of urea groups is 1. The van der Waals surface area contributed by atoms with Crippen LogP contribution >= 0.6 is 0 Å². The summed E-state index contributed by atoms with van der Waals surface area (Å²) in [4.78, 5) is 24.6. The van der Waals surface area contributed by atoms with Crippen LogP contribution in [0.25, 0.3) is 0 Å². The number of carbonyl (C=O) groups is 2. The van der Waals surface area contributed by atoms with E-state index in [2.05, 4.69) is 5.32 Å². The number of hydrogen-bond donors (Lipinski definition) is 2. The smallest absolute Gasteiger partial charge is 0.317 e. The van der Waals surface area contributed by atoms with Crippen LogP contribution in [-0.2, 0) is 4.79 Å². The molecule has 1 aromatic carbocycles. The summed E-state index contributed by atoms with van der Waals surface area (Å²) in [5, 5.41) is 2.82. The van der Waals surface area contributed by atoms with Crippen molar-refractivity contribution in [2.45, 2.75) is 12.8 Å². The Bertz CT molecular complexity index is 533. The fourth-order valence-electron chi connectivity index (χ4n) is 2.42. The number of likely N-dealkylation sites (tertiary alicyclic amines) is 1. The minimum atomic E-state index is -0.340. The molecule has 3 amide bonds. The second-order valence-corrected chi connectivity index (χ2v) is 5.44. The molecule has 3 N–H and O–H groups in total. The van der Waals surface area contributed by atoms with Gasteiger partial charge in [0.15, 0.2) is 0 Å². The van der Waals surface area contributed by atoms with Crippen LogP contribution in [0.15, 0.2) is 24.3 Å². The molecule has 7 heteroatoms. The highest BCUT2D eigenvalue weighted by molar-refractivity contribution is 5.80. The van der Waals surface area contributed by atoms with E-state index in [1.165, 1.54) is 0 Å². The van der Waals surface area contributed by atoms with Crippen LogP contribution in [-0.4, -0.2) is 50.2 Å². The summed E-state index contributed by atoms with van der Waals surface area (Å²) in [5.41, 5.74) is 5.25.